The molecule has 1 saturated carbocycles. The van der Waals surface area contributed by atoms with Crippen molar-refractivity contribution in [3.05, 3.63) is 75.8 Å². The van der Waals surface area contributed by atoms with Crippen molar-refractivity contribution in [1.29, 1.82) is 0 Å². The Morgan fingerprint density at radius 3 is 2.39 bits per heavy atom. The highest BCUT2D eigenvalue weighted by Crippen LogP contribution is 2.37. The Balaban J connectivity index is 1.40. The molecule has 0 spiro atoms. The molecule has 0 radical (unpaired) electrons. The minimum atomic E-state index is -1.47. The van der Waals surface area contributed by atoms with Crippen molar-refractivity contribution in [3.8, 4) is 0 Å². The van der Waals surface area contributed by atoms with Crippen LogP contribution in [0.1, 0.15) is 84.8 Å². The molecule has 0 bridgehead atoms. The second kappa shape index (κ2) is 9.29. The molecule has 4 rings (SSSR count). The minimum absolute atomic E-state index is 0.108. The number of esters is 1. The maximum atomic E-state index is 13.9. The molecule has 0 aromatic heterocycles. The molecular formula is C26H27F3O2. The minimum Gasteiger partial charge on any atom is -0.427 e. The predicted molar refractivity (Wildman–Crippen MR) is 114 cm³/mol. The van der Waals surface area contributed by atoms with Crippen LogP contribution in [-0.2, 0) is 11.2 Å². The van der Waals surface area contributed by atoms with E-state index < -0.39 is 23.4 Å². The van der Waals surface area contributed by atoms with Gasteiger partial charge in [-0.25, -0.2) is 18.0 Å². The third kappa shape index (κ3) is 4.70. The molecule has 1 fully saturated rings. The van der Waals surface area contributed by atoms with Gasteiger partial charge in [0.2, 0.25) is 0 Å². The van der Waals surface area contributed by atoms with Crippen molar-refractivity contribution in [2.24, 2.45) is 5.92 Å². The molecule has 31 heavy (non-hydrogen) atoms. The Hall–Kier alpha value is -2.56. The van der Waals surface area contributed by atoms with E-state index in [1.165, 1.54) is 50.2 Å². The molecule has 0 amide bonds. The lowest BCUT2D eigenvalue weighted by atomic mass is 9.77. The third-order valence-corrected chi connectivity index (χ3v) is 6.62. The smallest absolute Gasteiger partial charge is 0.343 e. The fourth-order valence-electron chi connectivity index (χ4n) is 4.87. The van der Waals surface area contributed by atoms with Gasteiger partial charge >= 0.3 is 5.97 Å². The summed E-state index contributed by atoms with van der Waals surface area (Å²) in [6.45, 7) is 2.24. The molecule has 2 aliphatic carbocycles. The van der Waals surface area contributed by atoms with Crippen LogP contribution in [0.5, 0.6) is 0 Å². The number of benzene rings is 2. The van der Waals surface area contributed by atoms with E-state index in [2.05, 4.69) is 6.92 Å². The van der Waals surface area contributed by atoms with Gasteiger partial charge in [0.25, 0.3) is 0 Å². The van der Waals surface area contributed by atoms with Gasteiger partial charge in [0, 0.05) is 6.42 Å². The number of fused-ring (bicyclic) bond motifs is 1. The molecule has 0 aliphatic heterocycles. The highest BCUT2D eigenvalue weighted by Gasteiger charge is 2.24. The number of ether oxygens (including phenoxy) is 1. The number of halogens is 3. The Kier molecular flexibility index (Phi) is 6.49. The van der Waals surface area contributed by atoms with E-state index in [-0.39, 0.29) is 24.0 Å². The first kappa shape index (κ1) is 21.7. The molecule has 0 unspecified atom stereocenters. The first-order chi connectivity index (χ1) is 15.0. The first-order valence-electron chi connectivity index (χ1n) is 11.1. The Labute approximate surface area is 181 Å². The van der Waals surface area contributed by atoms with E-state index >= 15 is 0 Å². The van der Waals surface area contributed by atoms with Crippen LogP contribution in [0.4, 0.5) is 13.2 Å². The van der Waals surface area contributed by atoms with Crippen molar-refractivity contribution < 1.29 is 22.7 Å². The van der Waals surface area contributed by atoms with Crippen molar-refractivity contribution in [2.45, 2.75) is 64.2 Å². The number of carbonyl (C=O) groups excluding carboxylic acids is 1. The van der Waals surface area contributed by atoms with Crippen LogP contribution in [0.15, 0.2) is 36.1 Å². The molecule has 2 aliphatic rings. The lowest BCUT2D eigenvalue weighted by Crippen LogP contribution is -2.13. The normalized spacial score (nSPS) is 20.7. The van der Waals surface area contributed by atoms with Crippen LogP contribution in [-0.4, -0.2) is 5.97 Å². The van der Waals surface area contributed by atoms with Crippen molar-refractivity contribution >= 4 is 12.0 Å². The fourth-order valence-corrected chi connectivity index (χ4v) is 4.87. The van der Waals surface area contributed by atoms with Crippen LogP contribution < -0.4 is 0 Å². The average molecular weight is 428 g/mol. The molecule has 0 atom stereocenters. The summed E-state index contributed by atoms with van der Waals surface area (Å²) in [5.74, 6) is -2.68. The van der Waals surface area contributed by atoms with E-state index in [4.69, 9.17) is 4.74 Å². The molecular weight excluding hydrogens is 401 g/mol. The Morgan fingerprint density at radius 2 is 1.71 bits per heavy atom. The van der Waals surface area contributed by atoms with E-state index in [1.807, 2.05) is 12.1 Å². The SMILES string of the molecule is CCCC1CCC(c2ccc(C(=O)OC3=Cc4cc(F)c(F)c(F)c4CC3)cc2)CC1. The monoisotopic (exact) mass is 428 g/mol. The Morgan fingerprint density at radius 1 is 1.00 bits per heavy atom. The topological polar surface area (TPSA) is 26.3 Å². The molecule has 2 aromatic carbocycles. The van der Waals surface area contributed by atoms with Crippen LogP contribution in [0.3, 0.4) is 0 Å². The van der Waals surface area contributed by atoms with Gasteiger partial charge in [-0.05, 0) is 84.9 Å². The Bertz CT molecular complexity index is 987. The van der Waals surface area contributed by atoms with Crippen LogP contribution in [0, 0.1) is 23.4 Å². The molecule has 0 saturated heterocycles. The lowest BCUT2D eigenvalue weighted by molar-refractivity contribution is 0.0617. The summed E-state index contributed by atoms with van der Waals surface area (Å²) in [7, 11) is 0. The predicted octanol–water partition coefficient (Wildman–Crippen LogP) is 7.32. The maximum absolute atomic E-state index is 13.9. The van der Waals surface area contributed by atoms with Crippen molar-refractivity contribution in [3.63, 3.8) is 0 Å². The van der Waals surface area contributed by atoms with E-state index in [9.17, 15) is 18.0 Å². The van der Waals surface area contributed by atoms with E-state index in [0.717, 1.165) is 12.0 Å². The van der Waals surface area contributed by atoms with Gasteiger partial charge in [-0.15, -0.1) is 0 Å². The van der Waals surface area contributed by atoms with Gasteiger partial charge in [0.1, 0.15) is 5.76 Å². The zero-order valence-corrected chi connectivity index (χ0v) is 17.7. The summed E-state index contributed by atoms with van der Waals surface area (Å²) < 4.78 is 46.3. The van der Waals surface area contributed by atoms with Gasteiger partial charge in [0.15, 0.2) is 17.5 Å². The number of allylic oxidation sites excluding steroid dienone is 1. The van der Waals surface area contributed by atoms with Crippen LogP contribution in [0.25, 0.3) is 6.08 Å². The number of rotatable bonds is 5. The second-order valence-electron chi connectivity index (χ2n) is 8.68. The molecule has 2 aromatic rings. The maximum Gasteiger partial charge on any atom is 0.343 e. The zero-order chi connectivity index (χ0) is 22.0. The fraction of sp³-hybridized carbons (Fsp3) is 0.423. The molecule has 164 valence electrons. The zero-order valence-electron chi connectivity index (χ0n) is 17.7. The third-order valence-electron chi connectivity index (χ3n) is 6.62. The molecule has 2 nitrogen and oxygen atoms in total. The first-order valence-corrected chi connectivity index (χ1v) is 11.1. The molecule has 0 N–H and O–H groups in total. The van der Waals surface area contributed by atoms with Gasteiger partial charge in [-0.3, -0.25) is 0 Å². The summed E-state index contributed by atoms with van der Waals surface area (Å²) in [4.78, 5) is 12.5. The lowest BCUT2D eigenvalue weighted by Gasteiger charge is -2.28. The van der Waals surface area contributed by atoms with Gasteiger partial charge in [-0.2, -0.15) is 0 Å². The summed E-state index contributed by atoms with van der Waals surface area (Å²) in [5, 5.41) is 0. The number of hydrogen-bond acceptors (Lipinski definition) is 2. The second-order valence-corrected chi connectivity index (χ2v) is 8.68. The summed E-state index contributed by atoms with van der Waals surface area (Å²) in [5.41, 5.74) is 2.01. The number of carbonyl (C=O) groups is 1. The van der Waals surface area contributed by atoms with E-state index in [0.29, 0.717) is 17.2 Å². The van der Waals surface area contributed by atoms with Crippen molar-refractivity contribution in [1.82, 2.24) is 0 Å². The molecule has 0 heterocycles. The largest absolute Gasteiger partial charge is 0.427 e. The van der Waals surface area contributed by atoms with Gasteiger partial charge < -0.3 is 4.74 Å². The number of hydrogen-bond donors (Lipinski definition) is 0. The van der Waals surface area contributed by atoms with Gasteiger partial charge in [-0.1, -0.05) is 31.9 Å². The summed E-state index contributed by atoms with van der Waals surface area (Å²) >= 11 is 0. The summed E-state index contributed by atoms with van der Waals surface area (Å²) in [6, 6.07) is 8.49. The van der Waals surface area contributed by atoms with Crippen LogP contribution >= 0.6 is 0 Å². The van der Waals surface area contributed by atoms with Crippen LogP contribution in [0.2, 0.25) is 0 Å². The highest BCUT2D eigenvalue weighted by molar-refractivity contribution is 5.90. The standard InChI is InChI=1S/C26H27F3O2/c1-2-3-16-4-6-17(7-5-16)18-8-10-19(11-9-18)26(30)31-21-12-13-22-20(14-21)15-23(27)25(29)24(22)28/h8-11,14-17H,2-7,12-13H2,1H3. The highest BCUT2D eigenvalue weighted by atomic mass is 19.2. The quantitative estimate of drug-likeness (QED) is 0.368. The van der Waals surface area contributed by atoms with E-state index in [1.54, 1.807) is 12.1 Å². The van der Waals surface area contributed by atoms with Gasteiger partial charge in [0.05, 0.1) is 5.56 Å². The van der Waals surface area contributed by atoms with Crippen molar-refractivity contribution in [2.75, 3.05) is 0 Å². The summed E-state index contributed by atoms with van der Waals surface area (Å²) in [6.07, 6.45) is 9.28. The molecule has 5 heteroatoms. The average Bonchev–Trinajstić information content (AvgIpc) is 2.78.